The number of hydrogen-bond acceptors (Lipinski definition) is 6. The highest BCUT2D eigenvalue weighted by Gasteiger charge is 2.15. The van der Waals surface area contributed by atoms with Crippen LogP contribution in [-0.2, 0) is 4.74 Å². The van der Waals surface area contributed by atoms with Gasteiger partial charge in [-0.1, -0.05) is 6.07 Å². The second-order valence-corrected chi connectivity index (χ2v) is 6.82. The fraction of sp³-hybridized carbons (Fsp3) is 0.389. The number of ketones is 1. The van der Waals surface area contributed by atoms with E-state index in [1.165, 1.54) is 0 Å². The van der Waals surface area contributed by atoms with Crippen molar-refractivity contribution in [3.63, 3.8) is 0 Å². The first-order valence-electron chi connectivity index (χ1n) is 8.31. The van der Waals surface area contributed by atoms with Gasteiger partial charge in [0.1, 0.15) is 11.5 Å². The minimum atomic E-state index is -0.122. The summed E-state index contributed by atoms with van der Waals surface area (Å²) in [6.45, 7) is 7.04. The SMILES string of the molecule is Cc1ncc(Br)cc1C(=O)c1cccc(NCCN2CCOCC2)n1.[HH]. The lowest BCUT2D eigenvalue weighted by atomic mass is 10.1. The highest BCUT2D eigenvalue weighted by molar-refractivity contribution is 9.10. The van der Waals surface area contributed by atoms with Gasteiger partial charge in [-0.2, -0.15) is 0 Å². The van der Waals surface area contributed by atoms with Crippen molar-refractivity contribution in [1.29, 1.82) is 0 Å². The number of anilines is 1. The monoisotopic (exact) mass is 406 g/mol. The van der Waals surface area contributed by atoms with Gasteiger partial charge in [0.2, 0.25) is 5.78 Å². The summed E-state index contributed by atoms with van der Waals surface area (Å²) in [5.74, 6) is 0.586. The molecule has 1 fully saturated rings. The zero-order valence-corrected chi connectivity index (χ0v) is 15.8. The Morgan fingerprint density at radius 3 is 3.00 bits per heavy atom. The lowest BCUT2D eigenvalue weighted by molar-refractivity contribution is 0.0398. The van der Waals surface area contributed by atoms with Crippen molar-refractivity contribution < 1.29 is 11.0 Å². The van der Waals surface area contributed by atoms with E-state index in [1.807, 2.05) is 19.1 Å². The van der Waals surface area contributed by atoms with Crippen LogP contribution in [0.15, 0.2) is 34.9 Å². The van der Waals surface area contributed by atoms with Gasteiger partial charge in [-0.05, 0) is 41.1 Å². The van der Waals surface area contributed by atoms with Crippen molar-refractivity contribution in [2.75, 3.05) is 44.7 Å². The van der Waals surface area contributed by atoms with E-state index in [0.29, 0.717) is 22.8 Å². The summed E-state index contributed by atoms with van der Waals surface area (Å²) >= 11 is 3.36. The number of carbonyl (C=O) groups is 1. The molecule has 0 aliphatic carbocycles. The molecule has 0 spiro atoms. The third kappa shape index (κ3) is 4.84. The number of pyridine rings is 2. The van der Waals surface area contributed by atoms with Crippen molar-refractivity contribution in [3.05, 3.63) is 51.9 Å². The van der Waals surface area contributed by atoms with E-state index in [-0.39, 0.29) is 7.21 Å². The zero-order valence-electron chi connectivity index (χ0n) is 14.2. The van der Waals surface area contributed by atoms with Gasteiger partial charge in [-0.25, -0.2) is 4.98 Å². The predicted molar refractivity (Wildman–Crippen MR) is 102 cm³/mol. The van der Waals surface area contributed by atoms with E-state index >= 15 is 0 Å². The quantitative estimate of drug-likeness (QED) is 0.743. The van der Waals surface area contributed by atoms with E-state index in [9.17, 15) is 4.79 Å². The van der Waals surface area contributed by atoms with Gasteiger partial charge in [0, 0.05) is 49.5 Å². The number of halogens is 1. The standard InChI is InChI=1S/C18H21BrN4O2.H2/c1-13-15(11-14(19)12-21-13)18(24)16-3-2-4-17(22-16)20-5-6-23-7-9-25-10-8-23;/h2-4,11-12H,5-10H2,1H3,(H,20,22);1H. The molecule has 0 aromatic carbocycles. The van der Waals surface area contributed by atoms with Crippen LogP contribution in [0.5, 0.6) is 0 Å². The Hall–Kier alpha value is -1.83. The largest absolute Gasteiger partial charge is 0.379 e. The molecule has 1 saturated heterocycles. The zero-order chi connectivity index (χ0) is 17.6. The van der Waals surface area contributed by atoms with Gasteiger partial charge < -0.3 is 10.1 Å². The molecule has 0 saturated carbocycles. The Morgan fingerprint density at radius 1 is 1.40 bits per heavy atom. The van der Waals surface area contributed by atoms with Gasteiger partial charge in [-0.3, -0.25) is 14.7 Å². The molecule has 7 heteroatoms. The maximum Gasteiger partial charge on any atom is 0.213 e. The average Bonchev–Trinajstić information content (AvgIpc) is 2.64. The van der Waals surface area contributed by atoms with E-state index in [0.717, 1.165) is 43.9 Å². The summed E-state index contributed by atoms with van der Waals surface area (Å²) in [7, 11) is 0. The second kappa shape index (κ2) is 8.51. The molecule has 2 aromatic heterocycles. The normalized spacial score (nSPS) is 15.1. The van der Waals surface area contributed by atoms with Crippen LogP contribution in [0.1, 0.15) is 23.2 Å². The first kappa shape index (κ1) is 18.0. The smallest absolute Gasteiger partial charge is 0.213 e. The van der Waals surface area contributed by atoms with E-state index in [4.69, 9.17) is 4.74 Å². The maximum atomic E-state index is 12.7. The number of morpholine rings is 1. The van der Waals surface area contributed by atoms with Crippen LogP contribution in [-0.4, -0.2) is 60.0 Å². The molecule has 0 radical (unpaired) electrons. The number of nitrogens with zero attached hydrogens (tertiary/aromatic N) is 3. The Labute approximate surface area is 157 Å². The topological polar surface area (TPSA) is 67.4 Å². The summed E-state index contributed by atoms with van der Waals surface area (Å²) in [6.07, 6.45) is 1.68. The number of nitrogens with one attached hydrogen (secondary N) is 1. The molecule has 1 N–H and O–H groups in total. The van der Waals surface area contributed by atoms with E-state index in [2.05, 4.69) is 36.1 Å². The van der Waals surface area contributed by atoms with Gasteiger partial charge >= 0.3 is 0 Å². The molecule has 6 nitrogen and oxygen atoms in total. The van der Waals surface area contributed by atoms with E-state index in [1.54, 1.807) is 18.3 Å². The maximum absolute atomic E-state index is 12.7. The summed E-state index contributed by atoms with van der Waals surface area (Å²) in [5.41, 5.74) is 1.67. The Morgan fingerprint density at radius 2 is 2.20 bits per heavy atom. The fourth-order valence-electron chi connectivity index (χ4n) is 2.70. The van der Waals surface area contributed by atoms with Crippen LogP contribution in [0.4, 0.5) is 5.82 Å². The molecule has 0 atom stereocenters. The lowest BCUT2D eigenvalue weighted by Crippen LogP contribution is -2.39. The van der Waals surface area contributed by atoms with Crippen LogP contribution in [0.25, 0.3) is 0 Å². The molecule has 2 aromatic rings. The highest BCUT2D eigenvalue weighted by atomic mass is 79.9. The predicted octanol–water partition coefficient (Wildman–Crippen LogP) is 2.77. The average molecular weight is 407 g/mol. The molecule has 3 rings (SSSR count). The first-order valence-corrected chi connectivity index (χ1v) is 9.10. The van der Waals surface area contributed by atoms with Gasteiger partial charge in [0.15, 0.2) is 0 Å². The minimum absolute atomic E-state index is 0. The van der Waals surface area contributed by atoms with Crippen molar-refractivity contribution in [2.24, 2.45) is 0 Å². The molecule has 0 amide bonds. The third-order valence-corrected chi connectivity index (χ3v) is 4.55. The summed E-state index contributed by atoms with van der Waals surface area (Å²) in [5, 5.41) is 3.29. The Kier molecular flexibility index (Phi) is 6.12. The van der Waals surface area contributed by atoms with E-state index < -0.39 is 0 Å². The third-order valence-electron chi connectivity index (χ3n) is 4.12. The van der Waals surface area contributed by atoms with Crippen molar-refractivity contribution >= 4 is 27.5 Å². The molecule has 134 valence electrons. The van der Waals surface area contributed by atoms with Gasteiger partial charge in [0.05, 0.1) is 13.2 Å². The number of rotatable bonds is 6. The van der Waals surface area contributed by atoms with Crippen molar-refractivity contribution in [3.8, 4) is 0 Å². The number of carbonyl (C=O) groups excluding carboxylic acids is 1. The summed E-state index contributed by atoms with van der Waals surface area (Å²) in [4.78, 5) is 23.7. The summed E-state index contributed by atoms with van der Waals surface area (Å²) in [6, 6.07) is 7.24. The number of ether oxygens (including phenoxy) is 1. The number of aryl methyl sites for hydroxylation is 1. The molecule has 0 unspecified atom stereocenters. The Balaban J connectivity index is 0.00000243. The molecule has 1 aliphatic rings. The summed E-state index contributed by atoms with van der Waals surface area (Å²) < 4.78 is 6.13. The molecule has 0 bridgehead atoms. The lowest BCUT2D eigenvalue weighted by Gasteiger charge is -2.26. The molecular formula is C18H23BrN4O2. The first-order chi connectivity index (χ1) is 12.1. The second-order valence-electron chi connectivity index (χ2n) is 5.90. The molecule has 3 heterocycles. The van der Waals surface area contributed by atoms with Crippen LogP contribution < -0.4 is 5.32 Å². The van der Waals surface area contributed by atoms with Crippen LogP contribution in [0, 0.1) is 6.92 Å². The number of hydrogen-bond donors (Lipinski definition) is 1. The van der Waals surface area contributed by atoms with Crippen LogP contribution in [0.2, 0.25) is 0 Å². The molecule has 1 aliphatic heterocycles. The van der Waals surface area contributed by atoms with Gasteiger partial charge in [0.25, 0.3) is 0 Å². The minimum Gasteiger partial charge on any atom is -0.379 e. The number of aromatic nitrogens is 2. The highest BCUT2D eigenvalue weighted by Crippen LogP contribution is 2.17. The van der Waals surface area contributed by atoms with Crippen molar-refractivity contribution in [1.82, 2.24) is 14.9 Å². The molecule has 25 heavy (non-hydrogen) atoms. The van der Waals surface area contributed by atoms with Crippen molar-refractivity contribution in [2.45, 2.75) is 6.92 Å². The Bertz CT molecular complexity index is 754. The van der Waals surface area contributed by atoms with Gasteiger partial charge in [-0.15, -0.1) is 0 Å². The van der Waals surface area contributed by atoms with Crippen LogP contribution >= 0.6 is 15.9 Å². The fourth-order valence-corrected chi connectivity index (χ4v) is 3.03. The van der Waals surface area contributed by atoms with Crippen LogP contribution in [0.3, 0.4) is 0 Å². The molecular weight excluding hydrogens is 384 g/mol.